The van der Waals surface area contributed by atoms with Crippen molar-refractivity contribution < 1.29 is 24.5 Å². The van der Waals surface area contributed by atoms with Gasteiger partial charge in [-0.1, -0.05) is 53.2 Å². The van der Waals surface area contributed by atoms with Gasteiger partial charge < -0.3 is 20.3 Å². The molecule has 2 heterocycles. The van der Waals surface area contributed by atoms with Crippen LogP contribution in [-0.2, 0) is 14.3 Å². The molecular formula is C22H29NO5. The number of amides is 1. The maximum absolute atomic E-state index is 12.7. The number of allylic oxidation sites excluding steroid dienone is 9. The van der Waals surface area contributed by atoms with Crippen LogP contribution in [0.2, 0.25) is 0 Å². The summed E-state index contributed by atoms with van der Waals surface area (Å²) in [5.74, 6) is -1.14. The lowest BCUT2D eigenvalue weighted by Crippen LogP contribution is -2.48. The molecule has 2 aliphatic rings. The quantitative estimate of drug-likeness (QED) is 0.257. The first-order chi connectivity index (χ1) is 13.1. The highest BCUT2D eigenvalue weighted by Gasteiger charge is 2.80. The summed E-state index contributed by atoms with van der Waals surface area (Å²) in [6.45, 7) is 9.28. The van der Waals surface area contributed by atoms with Crippen LogP contribution in [0.1, 0.15) is 41.0 Å². The summed E-state index contributed by atoms with van der Waals surface area (Å²) in [5, 5.41) is 21.8. The molecule has 1 amide bonds. The fraction of sp³-hybridized carbons (Fsp3) is 0.455. The van der Waals surface area contributed by atoms with E-state index in [1.807, 2.05) is 45.9 Å². The summed E-state index contributed by atoms with van der Waals surface area (Å²) < 4.78 is 5.32. The van der Waals surface area contributed by atoms with E-state index in [-0.39, 0.29) is 13.0 Å². The van der Waals surface area contributed by atoms with E-state index in [4.69, 9.17) is 9.84 Å². The molecule has 0 radical (unpaired) electrons. The Morgan fingerprint density at radius 1 is 1.18 bits per heavy atom. The average Bonchev–Trinajstić information content (AvgIpc) is 3.34. The number of morpholine rings is 1. The summed E-state index contributed by atoms with van der Waals surface area (Å²) in [4.78, 5) is 25.0. The van der Waals surface area contributed by atoms with Crippen molar-refractivity contribution in [3.05, 3.63) is 58.7 Å². The van der Waals surface area contributed by atoms with Crippen LogP contribution < -0.4 is 5.32 Å². The second-order valence-corrected chi connectivity index (χ2v) is 7.43. The van der Waals surface area contributed by atoms with Gasteiger partial charge in [0.1, 0.15) is 0 Å². The first kappa shape index (κ1) is 22.0. The van der Waals surface area contributed by atoms with Crippen LogP contribution in [0, 0.1) is 0 Å². The summed E-state index contributed by atoms with van der Waals surface area (Å²) in [7, 11) is 0. The van der Waals surface area contributed by atoms with Crippen molar-refractivity contribution in [1.82, 2.24) is 5.32 Å². The number of aliphatic hydroxyl groups excluding tert-OH is 1. The van der Waals surface area contributed by atoms with Crippen molar-refractivity contribution >= 4 is 11.7 Å². The number of carbonyl (C=O) groups is 2. The van der Waals surface area contributed by atoms with E-state index < -0.39 is 29.1 Å². The van der Waals surface area contributed by atoms with Gasteiger partial charge in [0.15, 0.2) is 11.8 Å². The Kier molecular flexibility index (Phi) is 6.59. The van der Waals surface area contributed by atoms with E-state index in [9.17, 15) is 14.7 Å². The standard InChI is InChI=1S/C22H29NO5/c1-6-14(2)12-16(4)13-15(3)8-7-9-17(5)18(25)22-19(28-22)21(27,10-11-24)23-20(22)26/h6-9,12-13,19,24,27H,10-11H2,1-5H3,(H,23,26)/b8-7+,14-6-,15-13+,16-12+,17-9+/t19-,21-,22-/m0/s1. The molecule has 28 heavy (non-hydrogen) atoms. The van der Waals surface area contributed by atoms with Crippen LogP contribution in [0.5, 0.6) is 0 Å². The third kappa shape index (κ3) is 4.24. The Morgan fingerprint density at radius 2 is 1.82 bits per heavy atom. The van der Waals surface area contributed by atoms with Crippen LogP contribution in [0.4, 0.5) is 0 Å². The first-order valence-electron chi connectivity index (χ1n) is 9.33. The second-order valence-electron chi connectivity index (χ2n) is 7.43. The zero-order valence-corrected chi connectivity index (χ0v) is 17.1. The minimum absolute atomic E-state index is 0.0926. The van der Waals surface area contributed by atoms with E-state index >= 15 is 0 Å². The predicted octanol–water partition coefficient (Wildman–Crippen LogP) is 2.26. The molecule has 6 heteroatoms. The molecular weight excluding hydrogens is 358 g/mol. The van der Waals surface area contributed by atoms with E-state index in [0.29, 0.717) is 5.57 Å². The minimum atomic E-state index is -1.70. The number of aliphatic hydroxyl groups is 2. The van der Waals surface area contributed by atoms with Gasteiger partial charge in [0.05, 0.1) is 0 Å². The van der Waals surface area contributed by atoms with Crippen molar-refractivity contribution in [1.29, 1.82) is 0 Å². The van der Waals surface area contributed by atoms with Gasteiger partial charge in [-0.05, 0) is 40.2 Å². The number of Topliss-reactive ketones (excluding diaryl/α,β-unsaturated/α-hetero) is 1. The van der Waals surface area contributed by atoms with E-state index in [1.165, 1.54) is 5.57 Å². The summed E-state index contributed by atoms with van der Waals surface area (Å²) in [6, 6.07) is 0. The molecule has 3 atom stereocenters. The fourth-order valence-electron chi connectivity index (χ4n) is 3.36. The molecule has 2 saturated heterocycles. The Bertz CT molecular complexity index is 817. The Morgan fingerprint density at radius 3 is 2.39 bits per heavy atom. The van der Waals surface area contributed by atoms with Crippen LogP contribution in [0.15, 0.2) is 58.7 Å². The fourth-order valence-corrected chi connectivity index (χ4v) is 3.36. The summed E-state index contributed by atoms with van der Waals surface area (Å²) >= 11 is 0. The lowest BCUT2D eigenvalue weighted by Gasteiger charge is -2.22. The zero-order chi connectivity index (χ0) is 21.1. The molecule has 6 nitrogen and oxygen atoms in total. The van der Waals surface area contributed by atoms with Gasteiger partial charge in [0.2, 0.25) is 11.4 Å². The van der Waals surface area contributed by atoms with E-state index in [1.54, 1.807) is 19.1 Å². The number of ether oxygens (including phenoxy) is 1. The molecule has 2 aliphatic heterocycles. The third-order valence-electron chi connectivity index (χ3n) is 4.98. The van der Waals surface area contributed by atoms with Gasteiger partial charge >= 0.3 is 0 Å². The number of epoxide rings is 1. The van der Waals surface area contributed by atoms with Crippen molar-refractivity contribution in [2.45, 2.75) is 58.5 Å². The highest BCUT2D eigenvalue weighted by atomic mass is 16.6. The molecule has 0 unspecified atom stereocenters. The summed E-state index contributed by atoms with van der Waals surface area (Å²) in [5.41, 5.74) is 0.295. The Labute approximate surface area is 166 Å². The topological polar surface area (TPSA) is 99.2 Å². The molecule has 0 aromatic carbocycles. The minimum Gasteiger partial charge on any atom is -0.396 e. The molecule has 0 saturated carbocycles. The lowest BCUT2D eigenvalue weighted by molar-refractivity contribution is -0.138. The average molecular weight is 387 g/mol. The maximum Gasteiger partial charge on any atom is 0.265 e. The number of ketones is 1. The number of hydrogen-bond acceptors (Lipinski definition) is 5. The zero-order valence-electron chi connectivity index (χ0n) is 17.1. The normalized spacial score (nSPS) is 31.2. The highest BCUT2D eigenvalue weighted by Crippen LogP contribution is 2.50. The third-order valence-corrected chi connectivity index (χ3v) is 4.98. The lowest BCUT2D eigenvalue weighted by atomic mass is 9.92. The van der Waals surface area contributed by atoms with Crippen molar-refractivity contribution in [2.24, 2.45) is 0 Å². The van der Waals surface area contributed by atoms with Crippen LogP contribution in [-0.4, -0.2) is 45.9 Å². The maximum atomic E-state index is 12.7. The van der Waals surface area contributed by atoms with Gasteiger partial charge in [-0.15, -0.1) is 0 Å². The predicted molar refractivity (Wildman–Crippen MR) is 107 cm³/mol. The van der Waals surface area contributed by atoms with Gasteiger partial charge in [0.25, 0.3) is 5.91 Å². The summed E-state index contributed by atoms with van der Waals surface area (Å²) in [6.07, 6.45) is 10.3. The SMILES string of the molecule is C\C=C(C)/C=C(C)/C=C(C)/C=C/C=C(\C)C(=O)[C@]12O[C@H]1[C@@](O)(CCO)NC2=O. The largest absolute Gasteiger partial charge is 0.396 e. The number of nitrogens with one attached hydrogen (secondary N) is 1. The number of fused-ring (bicyclic) bond motifs is 1. The molecule has 3 N–H and O–H groups in total. The van der Waals surface area contributed by atoms with Gasteiger partial charge in [-0.3, -0.25) is 9.59 Å². The number of rotatable bonds is 8. The van der Waals surface area contributed by atoms with Crippen molar-refractivity contribution in [3.8, 4) is 0 Å². The molecule has 0 bridgehead atoms. The molecule has 2 fully saturated rings. The van der Waals surface area contributed by atoms with Crippen LogP contribution in [0.25, 0.3) is 0 Å². The van der Waals surface area contributed by atoms with Gasteiger partial charge in [0, 0.05) is 13.0 Å². The van der Waals surface area contributed by atoms with Crippen molar-refractivity contribution in [3.63, 3.8) is 0 Å². The molecule has 0 aromatic rings. The molecule has 0 spiro atoms. The molecule has 0 aromatic heterocycles. The Hall–Kier alpha value is -2.28. The number of carbonyl (C=O) groups excluding carboxylic acids is 2. The highest BCUT2D eigenvalue weighted by molar-refractivity contribution is 6.21. The first-order valence-corrected chi connectivity index (χ1v) is 9.33. The monoisotopic (exact) mass is 387 g/mol. The van der Waals surface area contributed by atoms with E-state index in [0.717, 1.165) is 11.1 Å². The van der Waals surface area contributed by atoms with E-state index in [2.05, 4.69) is 11.4 Å². The van der Waals surface area contributed by atoms with Gasteiger partial charge in [-0.25, -0.2) is 0 Å². The van der Waals surface area contributed by atoms with Crippen molar-refractivity contribution in [2.75, 3.05) is 6.61 Å². The van der Waals surface area contributed by atoms with Crippen LogP contribution in [0.3, 0.4) is 0 Å². The smallest absolute Gasteiger partial charge is 0.265 e. The Balaban J connectivity index is 2.09. The number of hydrogen-bond donors (Lipinski definition) is 3. The molecule has 152 valence electrons. The van der Waals surface area contributed by atoms with Gasteiger partial charge in [-0.2, -0.15) is 0 Å². The molecule has 2 rings (SSSR count). The molecule has 0 aliphatic carbocycles. The second kappa shape index (κ2) is 8.39. The van der Waals surface area contributed by atoms with Crippen LogP contribution >= 0.6 is 0 Å².